The number of alkyl halides is 4. The molecule has 0 heterocycles. The second-order valence-corrected chi connectivity index (χ2v) is 4.49. The first-order valence-corrected chi connectivity index (χ1v) is 4.68. The van der Waals surface area contributed by atoms with E-state index in [1.165, 1.54) is 0 Å². The van der Waals surface area contributed by atoms with Crippen molar-refractivity contribution in [1.29, 1.82) is 0 Å². The molecule has 78 valence electrons. The minimum Gasteiger partial charge on any atom is -0.478 e. The van der Waals surface area contributed by atoms with Gasteiger partial charge in [0.05, 0.1) is 0 Å². The van der Waals surface area contributed by atoms with E-state index in [9.17, 15) is 30.8 Å². The van der Waals surface area contributed by atoms with Crippen LogP contribution in [0.2, 0.25) is 0 Å². The Morgan fingerprint density at radius 1 is 1.23 bits per heavy atom. The highest BCUT2D eigenvalue weighted by molar-refractivity contribution is 8.15. The predicted molar refractivity (Wildman–Crippen MR) is 32.3 cm³/mol. The fraction of sp³-hybridized carbons (Fsp3) is 0.667. The minimum atomic E-state index is -6.13. The van der Waals surface area contributed by atoms with Gasteiger partial charge >= 0.3 is 17.1 Å². The van der Waals surface area contributed by atoms with Crippen molar-refractivity contribution in [2.75, 3.05) is 0 Å². The Hall–Kier alpha value is -0.570. The van der Waals surface area contributed by atoms with Crippen LogP contribution in [0.25, 0.3) is 0 Å². The average molecular weight is 245 g/mol. The number of rotatable bonds is 2. The van der Waals surface area contributed by atoms with Gasteiger partial charge in [-0.3, -0.25) is 0 Å². The second-order valence-electron chi connectivity index (χ2n) is 1.84. The lowest BCUT2D eigenvalue weighted by atomic mass is 10.4. The molecule has 0 saturated carbocycles. The van der Waals surface area contributed by atoms with E-state index in [1.54, 1.807) is 0 Å². The van der Waals surface area contributed by atoms with Crippen molar-refractivity contribution in [2.45, 2.75) is 11.2 Å². The zero-order valence-corrected chi connectivity index (χ0v) is 7.04. The predicted octanol–water partition coefficient (Wildman–Crippen LogP) is 0.868. The summed E-state index contributed by atoms with van der Waals surface area (Å²) in [7, 11) is -1.92. The van der Waals surface area contributed by atoms with Gasteiger partial charge in [-0.1, -0.05) is 0 Å². The molecule has 0 radical (unpaired) electrons. The van der Waals surface area contributed by atoms with Gasteiger partial charge in [-0.25, -0.2) is 17.6 Å². The summed E-state index contributed by atoms with van der Waals surface area (Å²) in [5.41, 5.74) is 0. The first-order chi connectivity index (χ1) is 5.44. The molecule has 0 spiro atoms. The zero-order chi connectivity index (χ0) is 11.1. The quantitative estimate of drug-likeness (QED) is 0.578. The fourth-order valence-electron chi connectivity index (χ4n) is 0.364. The van der Waals surface area contributed by atoms with Crippen LogP contribution in [0.1, 0.15) is 0 Å². The minimum absolute atomic E-state index is 3.23. The van der Waals surface area contributed by atoms with Crippen LogP contribution in [-0.2, 0) is 13.8 Å². The molecule has 13 heavy (non-hydrogen) atoms. The Balaban J connectivity index is 5.64. The van der Waals surface area contributed by atoms with Crippen molar-refractivity contribution in [2.24, 2.45) is 0 Å². The lowest BCUT2D eigenvalue weighted by Gasteiger charge is -2.19. The lowest BCUT2D eigenvalue weighted by Crippen LogP contribution is -2.52. The number of hydrogen-bond donors (Lipinski definition) is 1. The van der Waals surface area contributed by atoms with Gasteiger partial charge in [0.15, 0.2) is 0 Å². The second kappa shape index (κ2) is 2.98. The summed E-state index contributed by atoms with van der Waals surface area (Å²) in [6.07, 6.45) is -6.13. The van der Waals surface area contributed by atoms with Crippen LogP contribution in [0.4, 0.5) is 17.6 Å². The van der Waals surface area contributed by atoms with Crippen molar-refractivity contribution in [3.8, 4) is 0 Å². The van der Waals surface area contributed by atoms with E-state index >= 15 is 0 Å². The van der Waals surface area contributed by atoms with Gasteiger partial charge in [-0.2, -0.15) is 13.2 Å². The summed E-state index contributed by atoms with van der Waals surface area (Å²) < 4.78 is 67.4. The maximum Gasteiger partial charge on any atom is 0.450 e. The number of carbonyl (C=O) groups is 1. The van der Waals surface area contributed by atoms with Crippen LogP contribution in [0, 0.1) is 0 Å². The van der Waals surface area contributed by atoms with Gasteiger partial charge in [-0.15, -0.1) is 0 Å². The standard InChI is InChI=1S/C3HClF4O4S/c4-13(11,12)2(5,1(9)10)3(6,7)8/h(H,9,10). The van der Waals surface area contributed by atoms with Crippen molar-refractivity contribution in [1.82, 2.24) is 0 Å². The molecule has 1 N–H and O–H groups in total. The molecule has 0 rings (SSSR count). The molecular formula is C3HClF4O4S. The molecule has 0 fully saturated rings. The number of carboxylic acids is 1. The maximum absolute atomic E-state index is 12.5. The number of aliphatic carboxylic acids is 1. The topological polar surface area (TPSA) is 71.4 Å². The zero-order valence-electron chi connectivity index (χ0n) is 5.47. The van der Waals surface area contributed by atoms with Crippen LogP contribution in [0.15, 0.2) is 0 Å². The van der Waals surface area contributed by atoms with Gasteiger partial charge in [0, 0.05) is 10.7 Å². The van der Waals surface area contributed by atoms with E-state index in [0.29, 0.717) is 0 Å². The third-order valence-electron chi connectivity index (χ3n) is 0.976. The van der Waals surface area contributed by atoms with Crippen LogP contribution in [-0.4, -0.2) is 30.7 Å². The van der Waals surface area contributed by atoms with Gasteiger partial charge in [0.1, 0.15) is 0 Å². The summed E-state index contributed by atoms with van der Waals surface area (Å²) in [6, 6.07) is 0. The Morgan fingerprint density at radius 3 is 1.54 bits per heavy atom. The lowest BCUT2D eigenvalue weighted by molar-refractivity contribution is -0.209. The highest BCUT2D eigenvalue weighted by Gasteiger charge is 2.71. The maximum atomic E-state index is 12.5. The van der Waals surface area contributed by atoms with Crippen molar-refractivity contribution in [3.63, 3.8) is 0 Å². The molecule has 0 bridgehead atoms. The van der Waals surface area contributed by atoms with Gasteiger partial charge in [-0.05, 0) is 0 Å². The highest BCUT2D eigenvalue weighted by atomic mass is 35.7. The van der Waals surface area contributed by atoms with Crippen LogP contribution in [0.3, 0.4) is 0 Å². The molecule has 0 aliphatic rings. The fourth-order valence-corrected chi connectivity index (χ4v) is 1.31. The molecule has 1 atom stereocenters. The van der Waals surface area contributed by atoms with E-state index < -0.39 is 26.2 Å². The third-order valence-corrected chi connectivity index (χ3v) is 2.69. The molecule has 4 nitrogen and oxygen atoms in total. The van der Waals surface area contributed by atoms with Crippen molar-refractivity contribution >= 4 is 25.7 Å². The summed E-state index contributed by atoms with van der Waals surface area (Å²) in [4.78, 5) is 9.76. The highest BCUT2D eigenvalue weighted by Crippen LogP contribution is 2.40. The SMILES string of the molecule is O=C(O)C(F)(C(F)(F)F)S(=O)(=O)Cl. The summed E-state index contributed by atoms with van der Waals surface area (Å²) in [6.45, 7) is 0. The van der Waals surface area contributed by atoms with Crippen LogP contribution in [0.5, 0.6) is 0 Å². The van der Waals surface area contributed by atoms with Gasteiger partial charge < -0.3 is 5.11 Å². The van der Waals surface area contributed by atoms with Gasteiger partial charge in [0.2, 0.25) is 0 Å². The molecule has 0 aliphatic carbocycles. The smallest absolute Gasteiger partial charge is 0.450 e. The number of carboxylic acid groups (broad SMARTS) is 1. The Morgan fingerprint density at radius 2 is 1.54 bits per heavy atom. The molecule has 0 saturated heterocycles. The molecule has 1 unspecified atom stereocenters. The monoisotopic (exact) mass is 244 g/mol. The Bertz CT molecular complexity index is 321. The first kappa shape index (κ1) is 12.4. The summed E-state index contributed by atoms with van der Waals surface area (Å²) in [5, 5.41) is 2.27. The van der Waals surface area contributed by atoms with E-state index in [2.05, 4.69) is 10.7 Å². The molecule has 0 aliphatic heterocycles. The summed E-state index contributed by atoms with van der Waals surface area (Å²) in [5.74, 6) is -3.23. The van der Waals surface area contributed by atoms with Crippen molar-refractivity contribution in [3.05, 3.63) is 0 Å². The van der Waals surface area contributed by atoms with Gasteiger partial charge in [0.25, 0.3) is 9.05 Å². The average Bonchev–Trinajstić information content (AvgIpc) is 1.80. The normalized spacial score (nSPS) is 17.9. The summed E-state index contributed by atoms with van der Waals surface area (Å²) >= 11 is 0. The van der Waals surface area contributed by atoms with Crippen molar-refractivity contribution < 1.29 is 35.9 Å². The molecule has 0 aromatic heterocycles. The first-order valence-electron chi connectivity index (χ1n) is 2.38. The molecule has 10 heteroatoms. The largest absolute Gasteiger partial charge is 0.478 e. The van der Waals surface area contributed by atoms with E-state index in [4.69, 9.17) is 5.11 Å². The van der Waals surface area contributed by atoms with Crippen LogP contribution >= 0.6 is 10.7 Å². The van der Waals surface area contributed by atoms with E-state index in [0.717, 1.165) is 0 Å². The van der Waals surface area contributed by atoms with Crippen LogP contribution < -0.4 is 0 Å². The molecule has 0 aromatic rings. The van der Waals surface area contributed by atoms with E-state index in [-0.39, 0.29) is 0 Å². The molecule has 0 amide bonds. The third kappa shape index (κ3) is 1.85. The van der Waals surface area contributed by atoms with E-state index in [1.807, 2.05) is 0 Å². The Labute approximate surface area is 73.5 Å². The Kier molecular flexibility index (Phi) is 2.85. The molecule has 0 aromatic carbocycles. The molecular weight excluding hydrogens is 244 g/mol. The number of halogens is 5. The number of hydrogen-bond acceptors (Lipinski definition) is 3.